The molecule has 1 N–H and O–H groups in total. The van der Waals surface area contributed by atoms with Gasteiger partial charge >= 0.3 is 0 Å². The molecule has 0 aliphatic rings. The SMILES string of the molecule is CNC([SiH3])(OC(C)(C)C)OC(C)(C)C. The number of rotatable bonds is 3. The van der Waals surface area contributed by atoms with Crippen LogP contribution in [0.1, 0.15) is 41.5 Å². The van der Waals surface area contributed by atoms with Gasteiger partial charge in [-0.15, -0.1) is 0 Å². The molecule has 0 amide bonds. The smallest absolute Gasteiger partial charge is 0.195 e. The molecule has 0 aromatic heterocycles. The molecule has 0 radical (unpaired) electrons. The van der Waals surface area contributed by atoms with Crippen molar-refractivity contribution in [2.75, 3.05) is 7.05 Å². The van der Waals surface area contributed by atoms with E-state index in [9.17, 15) is 0 Å². The highest BCUT2D eigenvalue weighted by molar-refractivity contribution is 6.13. The largest absolute Gasteiger partial charge is 0.336 e. The Labute approximate surface area is 91.0 Å². The topological polar surface area (TPSA) is 30.5 Å². The monoisotopic (exact) mass is 219 g/mol. The fourth-order valence-electron chi connectivity index (χ4n) is 1.29. The minimum atomic E-state index is -0.601. The van der Waals surface area contributed by atoms with Crippen molar-refractivity contribution in [3.05, 3.63) is 0 Å². The maximum absolute atomic E-state index is 5.88. The first kappa shape index (κ1) is 14.1. The van der Waals surface area contributed by atoms with Gasteiger partial charge in [0.25, 0.3) is 0 Å². The third-order valence-corrected chi connectivity index (χ3v) is 2.36. The zero-order chi connectivity index (χ0) is 11.6. The van der Waals surface area contributed by atoms with Crippen LogP contribution in [0.15, 0.2) is 0 Å². The second-order valence-corrected chi connectivity index (χ2v) is 6.94. The molecule has 0 fully saturated rings. The maximum atomic E-state index is 5.88. The van der Waals surface area contributed by atoms with Gasteiger partial charge in [0.2, 0.25) is 0 Å². The van der Waals surface area contributed by atoms with Crippen LogP contribution in [0, 0.1) is 0 Å². The molecule has 0 unspecified atom stereocenters. The van der Waals surface area contributed by atoms with Crippen molar-refractivity contribution in [1.82, 2.24) is 5.32 Å². The van der Waals surface area contributed by atoms with Gasteiger partial charge in [0.05, 0.1) is 21.4 Å². The van der Waals surface area contributed by atoms with Crippen LogP contribution >= 0.6 is 0 Å². The van der Waals surface area contributed by atoms with E-state index in [1.807, 2.05) is 48.6 Å². The number of nitrogens with one attached hydrogen (secondary N) is 1. The highest BCUT2D eigenvalue weighted by Crippen LogP contribution is 2.22. The summed E-state index contributed by atoms with van der Waals surface area (Å²) in [5.41, 5.74) is -0.997. The summed E-state index contributed by atoms with van der Waals surface area (Å²) in [6, 6.07) is 0. The van der Waals surface area contributed by atoms with Gasteiger partial charge in [-0.3, -0.25) is 5.32 Å². The fraction of sp³-hybridized carbons (Fsp3) is 1.00. The van der Waals surface area contributed by atoms with Crippen LogP contribution in [0.2, 0.25) is 0 Å². The summed E-state index contributed by atoms with van der Waals surface area (Å²) in [5.74, 6) is 0. The average molecular weight is 219 g/mol. The van der Waals surface area contributed by atoms with Crippen molar-refractivity contribution in [3.8, 4) is 0 Å². The van der Waals surface area contributed by atoms with E-state index >= 15 is 0 Å². The Morgan fingerprint density at radius 3 is 1.29 bits per heavy atom. The number of hydrogen-bond acceptors (Lipinski definition) is 3. The van der Waals surface area contributed by atoms with Crippen molar-refractivity contribution in [2.45, 2.75) is 58.3 Å². The van der Waals surface area contributed by atoms with Gasteiger partial charge in [-0.25, -0.2) is 0 Å². The van der Waals surface area contributed by atoms with E-state index in [2.05, 4.69) is 5.32 Å². The lowest BCUT2D eigenvalue weighted by Gasteiger charge is -2.40. The van der Waals surface area contributed by atoms with Crippen LogP contribution in [0.4, 0.5) is 0 Å². The van der Waals surface area contributed by atoms with E-state index in [4.69, 9.17) is 9.47 Å². The van der Waals surface area contributed by atoms with Crippen LogP contribution < -0.4 is 5.32 Å². The zero-order valence-corrected chi connectivity index (χ0v) is 12.8. The standard InChI is InChI=1S/C10H25NO2Si/c1-8(2,3)12-10(14,11-7)13-9(4,5)6/h11H,1-7,14H3. The van der Waals surface area contributed by atoms with Crippen LogP contribution in [-0.2, 0) is 9.47 Å². The maximum Gasteiger partial charge on any atom is 0.195 e. The normalized spacial score (nSPS) is 14.8. The molecule has 0 rings (SSSR count). The molecule has 0 aromatic rings. The Balaban J connectivity index is 4.49. The van der Waals surface area contributed by atoms with Crippen molar-refractivity contribution in [3.63, 3.8) is 0 Å². The Morgan fingerprint density at radius 2 is 1.14 bits per heavy atom. The molecule has 86 valence electrons. The molecule has 0 atom stereocenters. The predicted molar refractivity (Wildman–Crippen MR) is 63.4 cm³/mol. The van der Waals surface area contributed by atoms with E-state index < -0.39 is 5.53 Å². The van der Waals surface area contributed by atoms with E-state index in [0.29, 0.717) is 0 Å². The van der Waals surface area contributed by atoms with Crippen molar-refractivity contribution in [2.24, 2.45) is 0 Å². The first-order valence-electron chi connectivity index (χ1n) is 5.07. The third kappa shape index (κ3) is 6.54. The van der Waals surface area contributed by atoms with E-state index in [0.717, 1.165) is 10.2 Å². The molecule has 0 spiro atoms. The Morgan fingerprint density at radius 1 is 0.857 bits per heavy atom. The molecule has 0 aliphatic carbocycles. The molecule has 0 heterocycles. The molecule has 0 aliphatic heterocycles. The predicted octanol–water partition coefficient (Wildman–Crippen LogP) is 0.813. The summed E-state index contributed by atoms with van der Waals surface area (Å²) < 4.78 is 11.8. The molecule has 14 heavy (non-hydrogen) atoms. The van der Waals surface area contributed by atoms with Gasteiger partial charge < -0.3 is 9.47 Å². The van der Waals surface area contributed by atoms with E-state index in [1.165, 1.54) is 0 Å². The molecule has 0 bridgehead atoms. The van der Waals surface area contributed by atoms with Gasteiger partial charge in [-0.2, -0.15) is 0 Å². The summed E-state index contributed by atoms with van der Waals surface area (Å²) in [6.07, 6.45) is 0. The third-order valence-electron chi connectivity index (χ3n) is 1.46. The Bertz CT molecular complexity index is 166. The molecular formula is C10H25NO2Si. The first-order valence-corrected chi connectivity index (χ1v) is 6.07. The second-order valence-electron chi connectivity index (χ2n) is 5.62. The summed E-state index contributed by atoms with van der Waals surface area (Å²) in [5, 5.41) is 3.11. The van der Waals surface area contributed by atoms with Crippen LogP contribution in [0.25, 0.3) is 0 Å². The molecular weight excluding hydrogens is 194 g/mol. The summed E-state index contributed by atoms with van der Waals surface area (Å²) >= 11 is 0. The minimum absolute atomic E-state index is 0.198. The minimum Gasteiger partial charge on any atom is -0.336 e. The molecule has 4 heteroatoms. The Kier molecular flexibility index (Phi) is 4.34. The first-order chi connectivity index (χ1) is 5.97. The lowest BCUT2D eigenvalue weighted by molar-refractivity contribution is -0.275. The average Bonchev–Trinajstić information content (AvgIpc) is 1.78. The lowest BCUT2D eigenvalue weighted by Crippen LogP contribution is -2.55. The number of hydrogen-bond donors (Lipinski definition) is 1. The fourth-order valence-corrected chi connectivity index (χ4v) is 2.52. The summed E-state index contributed by atoms with van der Waals surface area (Å²) in [7, 11) is 2.64. The Hall–Kier alpha value is 0.0969. The highest BCUT2D eigenvalue weighted by Gasteiger charge is 2.33. The van der Waals surface area contributed by atoms with Crippen LogP contribution in [0.3, 0.4) is 0 Å². The summed E-state index contributed by atoms with van der Waals surface area (Å²) in [6.45, 7) is 12.2. The molecule has 0 aromatic carbocycles. The van der Waals surface area contributed by atoms with Crippen molar-refractivity contribution >= 4 is 10.2 Å². The van der Waals surface area contributed by atoms with E-state index in [1.54, 1.807) is 0 Å². The zero-order valence-electron chi connectivity index (χ0n) is 10.8. The van der Waals surface area contributed by atoms with E-state index in [-0.39, 0.29) is 11.2 Å². The second kappa shape index (κ2) is 4.31. The lowest BCUT2D eigenvalue weighted by atomic mass is 10.2. The van der Waals surface area contributed by atoms with Gasteiger partial charge in [-0.1, -0.05) is 0 Å². The van der Waals surface area contributed by atoms with Crippen LogP contribution in [-0.4, -0.2) is 34.0 Å². The summed E-state index contributed by atoms with van der Waals surface area (Å²) in [4.78, 5) is 0. The molecule has 3 nitrogen and oxygen atoms in total. The van der Waals surface area contributed by atoms with Gasteiger partial charge in [-0.05, 0) is 48.6 Å². The number of ether oxygens (including phenoxy) is 2. The van der Waals surface area contributed by atoms with Gasteiger partial charge in [0.1, 0.15) is 0 Å². The molecule has 0 saturated carbocycles. The van der Waals surface area contributed by atoms with Gasteiger partial charge in [0, 0.05) is 0 Å². The van der Waals surface area contributed by atoms with Crippen molar-refractivity contribution < 1.29 is 9.47 Å². The molecule has 0 saturated heterocycles. The highest BCUT2D eigenvalue weighted by atomic mass is 28.1. The van der Waals surface area contributed by atoms with Crippen molar-refractivity contribution in [1.29, 1.82) is 0 Å². The quantitative estimate of drug-likeness (QED) is 0.563. The van der Waals surface area contributed by atoms with Crippen LogP contribution in [0.5, 0.6) is 0 Å². The van der Waals surface area contributed by atoms with Gasteiger partial charge in [0.15, 0.2) is 5.53 Å².